The molecule has 0 unspecified atom stereocenters. The van der Waals surface area contributed by atoms with Crippen molar-refractivity contribution in [3.8, 4) is 5.95 Å². The van der Waals surface area contributed by atoms with Gasteiger partial charge in [0.1, 0.15) is 11.6 Å². The fourth-order valence-corrected chi connectivity index (χ4v) is 4.79. The van der Waals surface area contributed by atoms with Gasteiger partial charge in [0.15, 0.2) is 0 Å². The maximum absolute atomic E-state index is 12.0. The van der Waals surface area contributed by atoms with E-state index in [1.807, 2.05) is 29.8 Å². The lowest BCUT2D eigenvalue weighted by Crippen LogP contribution is -2.30. The molecule has 0 atom stereocenters. The van der Waals surface area contributed by atoms with Crippen LogP contribution in [-0.2, 0) is 19.5 Å². The zero-order valence-corrected chi connectivity index (χ0v) is 20.0. The Bertz CT molecular complexity index is 1450. The van der Waals surface area contributed by atoms with E-state index in [1.165, 1.54) is 0 Å². The van der Waals surface area contributed by atoms with Gasteiger partial charge in [-0.3, -0.25) is 9.36 Å². The van der Waals surface area contributed by atoms with Crippen molar-refractivity contribution < 1.29 is 14.8 Å². The van der Waals surface area contributed by atoms with E-state index in [-0.39, 0.29) is 6.54 Å². The minimum atomic E-state index is -1.53. The third kappa shape index (κ3) is 4.28. The zero-order valence-electron chi connectivity index (χ0n) is 20.0. The summed E-state index contributed by atoms with van der Waals surface area (Å²) in [4.78, 5) is 24.0. The second-order valence-corrected chi connectivity index (χ2v) is 8.95. The topological polar surface area (TPSA) is 156 Å². The van der Waals surface area contributed by atoms with Crippen LogP contribution in [0.4, 0.5) is 11.6 Å². The largest absolute Gasteiger partial charge is 0.488 e. The van der Waals surface area contributed by atoms with E-state index in [0.29, 0.717) is 34.7 Å². The van der Waals surface area contributed by atoms with Crippen LogP contribution in [0.5, 0.6) is 0 Å². The average Bonchev–Trinajstić information content (AvgIpc) is 3.26. The van der Waals surface area contributed by atoms with Crippen molar-refractivity contribution >= 4 is 41.0 Å². The standard InChI is InChI=1S/C25H28BN7O3/c1-32-10-4-8-19-23(29-14-15-5-2-6-16(11-15)26(35)36)30-25(31-24(19)32)33-17(13-27)12-20-18(22(28)34)7-3-9-21(20)33/h2-3,5-7,9,11-12,35-36H,4,8,10,13-14,27H2,1H3,(H2,28,34)(H,29,30,31). The van der Waals surface area contributed by atoms with Gasteiger partial charge in [-0.05, 0) is 42.1 Å². The normalized spacial score (nSPS) is 13.1. The van der Waals surface area contributed by atoms with E-state index >= 15 is 0 Å². The SMILES string of the molecule is CN1CCCc2c(NCc3cccc(B(O)O)c3)nc(-n3c(CN)cc4c(C(N)=O)cccc43)nc21. The maximum atomic E-state index is 12.0. The monoisotopic (exact) mass is 485 g/mol. The van der Waals surface area contributed by atoms with Gasteiger partial charge in [0.25, 0.3) is 0 Å². The van der Waals surface area contributed by atoms with Gasteiger partial charge in [-0.15, -0.1) is 0 Å². The number of anilines is 2. The van der Waals surface area contributed by atoms with E-state index in [0.717, 1.165) is 47.5 Å². The summed E-state index contributed by atoms with van der Waals surface area (Å²) in [5, 5.41) is 23.2. The highest BCUT2D eigenvalue weighted by Crippen LogP contribution is 2.33. The lowest BCUT2D eigenvalue weighted by atomic mass is 9.79. The average molecular weight is 485 g/mol. The molecule has 1 aliphatic heterocycles. The van der Waals surface area contributed by atoms with Crippen molar-refractivity contribution in [3.05, 3.63) is 70.9 Å². The van der Waals surface area contributed by atoms with E-state index < -0.39 is 13.0 Å². The molecule has 2 aromatic carbocycles. The lowest BCUT2D eigenvalue weighted by molar-refractivity contribution is 0.100. The second-order valence-electron chi connectivity index (χ2n) is 8.95. The molecule has 5 rings (SSSR count). The number of primary amides is 1. The fraction of sp³-hybridized carbons (Fsp3) is 0.240. The van der Waals surface area contributed by atoms with Crippen molar-refractivity contribution in [3.63, 3.8) is 0 Å². The van der Waals surface area contributed by atoms with Crippen LogP contribution >= 0.6 is 0 Å². The molecule has 3 heterocycles. The predicted molar refractivity (Wildman–Crippen MR) is 140 cm³/mol. The molecule has 7 N–H and O–H groups in total. The Labute approximate surface area is 208 Å². The number of nitrogens with one attached hydrogen (secondary N) is 1. The van der Waals surface area contributed by atoms with Gasteiger partial charge in [0.2, 0.25) is 11.9 Å². The molecule has 0 radical (unpaired) electrons. The number of nitrogens with two attached hydrogens (primary N) is 2. The van der Waals surface area contributed by atoms with Crippen LogP contribution in [0.15, 0.2) is 48.5 Å². The van der Waals surface area contributed by atoms with Gasteiger partial charge in [-0.25, -0.2) is 0 Å². The molecule has 0 bridgehead atoms. The van der Waals surface area contributed by atoms with E-state index in [9.17, 15) is 14.8 Å². The molecule has 2 aromatic heterocycles. The smallest absolute Gasteiger partial charge is 0.423 e. The van der Waals surface area contributed by atoms with Crippen molar-refractivity contribution in [1.29, 1.82) is 0 Å². The predicted octanol–water partition coefficient (Wildman–Crippen LogP) is 0.652. The zero-order chi connectivity index (χ0) is 25.4. The molecule has 0 fully saturated rings. The van der Waals surface area contributed by atoms with Crippen molar-refractivity contribution in [2.24, 2.45) is 11.5 Å². The van der Waals surface area contributed by atoms with Crippen LogP contribution in [0, 0.1) is 0 Å². The first-order valence-electron chi connectivity index (χ1n) is 11.8. The quantitative estimate of drug-likeness (QED) is 0.239. The molecule has 0 saturated heterocycles. The summed E-state index contributed by atoms with van der Waals surface area (Å²) in [6.07, 6.45) is 1.81. The molecule has 4 aromatic rings. The number of nitrogens with zero attached hydrogens (tertiary/aromatic N) is 4. The van der Waals surface area contributed by atoms with Crippen molar-refractivity contribution in [2.75, 3.05) is 23.8 Å². The van der Waals surface area contributed by atoms with Crippen LogP contribution < -0.4 is 27.1 Å². The Kier molecular flexibility index (Phi) is 6.35. The number of aromatic nitrogens is 3. The van der Waals surface area contributed by atoms with Gasteiger partial charge in [-0.2, -0.15) is 9.97 Å². The van der Waals surface area contributed by atoms with Crippen LogP contribution in [0.25, 0.3) is 16.9 Å². The third-order valence-electron chi connectivity index (χ3n) is 6.56. The molecule has 1 amide bonds. The fourth-order valence-electron chi connectivity index (χ4n) is 4.79. The van der Waals surface area contributed by atoms with Crippen LogP contribution in [0.2, 0.25) is 0 Å². The Balaban J connectivity index is 1.62. The van der Waals surface area contributed by atoms with Crippen LogP contribution in [0.1, 0.15) is 33.6 Å². The molecule has 11 heteroatoms. The Hall–Kier alpha value is -3.93. The Morgan fingerprint density at radius 3 is 2.72 bits per heavy atom. The van der Waals surface area contributed by atoms with Crippen LogP contribution in [0.3, 0.4) is 0 Å². The molecule has 0 aliphatic carbocycles. The number of fused-ring (bicyclic) bond motifs is 2. The number of rotatable bonds is 7. The van der Waals surface area contributed by atoms with Gasteiger partial charge in [0, 0.05) is 48.9 Å². The maximum Gasteiger partial charge on any atom is 0.488 e. The first-order chi connectivity index (χ1) is 17.4. The summed E-state index contributed by atoms with van der Waals surface area (Å²) in [5.41, 5.74) is 16.0. The number of carbonyl (C=O) groups is 1. The summed E-state index contributed by atoms with van der Waals surface area (Å²) in [6.45, 7) is 1.54. The Morgan fingerprint density at radius 2 is 1.97 bits per heavy atom. The summed E-state index contributed by atoms with van der Waals surface area (Å²) >= 11 is 0. The number of benzene rings is 2. The molecular formula is C25H28BN7O3. The third-order valence-corrected chi connectivity index (χ3v) is 6.56. The summed E-state index contributed by atoms with van der Waals surface area (Å²) in [6, 6.07) is 14.3. The Morgan fingerprint density at radius 1 is 1.17 bits per heavy atom. The van der Waals surface area contributed by atoms with Gasteiger partial charge >= 0.3 is 7.12 Å². The molecule has 0 spiro atoms. The second kappa shape index (κ2) is 9.61. The number of hydrogen-bond acceptors (Lipinski definition) is 8. The van der Waals surface area contributed by atoms with E-state index in [4.69, 9.17) is 21.4 Å². The molecule has 0 saturated carbocycles. The van der Waals surface area contributed by atoms with Crippen molar-refractivity contribution in [1.82, 2.24) is 14.5 Å². The highest BCUT2D eigenvalue weighted by molar-refractivity contribution is 6.58. The first-order valence-corrected chi connectivity index (χ1v) is 11.8. The van der Waals surface area contributed by atoms with Crippen molar-refractivity contribution in [2.45, 2.75) is 25.9 Å². The number of amides is 1. The number of hydrogen-bond donors (Lipinski definition) is 5. The number of carbonyl (C=O) groups excluding carboxylic acids is 1. The molecule has 184 valence electrons. The minimum absolute atomic E-state index is 0.224. The van der Waals surface area contributed by atoms with E-state index in [1.54, 1.807) is 30.3 Å². The summed E-state index contributed by atoms with van der Waals surface area (Å²) in [7, 11) is 0.479. The summed E-state index contributed by atoms with van der Waals surface area (Å²) in [5.74, 6) is 1.48. The lowest BCUT2D eigenvalue weighted by Gasteiger charge is -2.28. The molecule has 36 heavy (non-hydrogen) atoms. The molecule has 1 aliphatic rings. The molecule has 10 nitrogen and oxygen atoms in total. The van der Waals surface area contributed by atoms with Crippen LogP contribution in [-0.4, -0.2) is 51.2 Å². The minimum Gasteiger partial charge on any atom is -0.423 e. The highest BCUT2D eigenvalue weighted by atomic mass is 16.4. The van der Waals surface area contributed by atoms with Gasteiger partial charge < -0.3 is 31.7 Å². The van der Waals surface area contributed by atoms with Gasteiger partial charge in [-0.1, -0.05) is 30.3 Å². The van der Waals surface area contributed by atoms with E-state index in [2.05, 4.69) is 10.2 Å². The molecular weight excluding hydrogens is 457 g/mol. The summed E-state index contributed by atoms with van der Waals surface area (Å²) < 4.78 is 1.87. The first kappa shape index (κ1) is 23.8. The van der Waals surface area contributed by atoms with Gasteiger partial charge in [0.05, 0.1) is 5.52 Å². The highest BCUT2D eigenvalue weighted by Gasteiger charge is 2.24.